The van der Waals surface area contributed by atoms with Gasteiger partial charge in [-0.2, -0.15) is 0 Å². The zero-order valence-electron chi connectivity index (χ0n) is 16.7. The van der Waals surface area contributed by atoms with E-state index in [-0.39, 0.29) is 5.41 Å². The highest BCUT2D eigenvalue weighted by molar-refractivity contribution is 5.92. The number of guanidine groups is 1. The SMILES string of the molecule is COc1ccc(NC(N)=NCC(C)(C)c2ccc3c(c2)OCCO3)cc1OC. The highest BCUT2D eigenvalue weighted by atomic mass is 16.6. The fraction of sp³-hybridized carbons (Fsp3) is 0.381. The Morgan fingerprint density at radius 1 is 1.04 bits per heavy atom. The van der Waals surface area contributed by atoms with Gasteiger partial charge in [0.25, 0.3) is 0 Å². The molecule has 0 aromatic heterocycles. The molecule has 2 aromatic carbocycles. The number of aliphatic imine (C=N–C) groups is 1. The fourth-order valence-corrected chi connectivity index (χ4v) is 2.94. The van der Waals surface area contributed by atoms with Gasteiger partial charge in [0.05, 0.1) is 20.8 Å². The fourth-order valence-electron chi connectivity index (χ4n) is 2.94. The molecule has 7 heteroatoms. The molecule has 0 radical (unpaired) electrons. The first-order valence-electron chi connectivity index (χ1n) is 9.12. The lowest BCUT2D eigenvalue weighted by Crippen LogP contribution is -2.28. The van der Waals surface area contributed by atoms with Crippen LogP contribution < -0.4 is 30.0 Å². The molecule has 150 valence electrons. The number of nitrogens with two attached hydrogens (primary N) is 1. The molecule has 0 aliphatic carbocycles. The molecule has 0 bridgehead atoms. The Morgan fingerprint density at radius 2 is 1.75 bits per heavy atom. The smallest absolute Gasteiger partial charge is 0.193 e. The number of fused-ring (bicyclic) bond motifs is 1. The van der Waals surface area contributed by atoms with Crippen LogP contribution in [-0.2, 0) is 5.41 Å². The molecule has 3 rings (SSSR count). The molecule has 3 N–H and O–H groups in total. The van der Waals surface area contributed by atoms with E-state index in [1.807, 2.05) is 36.4 Å². The molecule has 1 aliphatic rings. The van der Waals surface area contributed by atoms with Crippen molar-refractivity contribution in [2.75, 3.05) is 39.3 Å². The summed E-state index contributed by atoms with van der Waals surface area (Å²) in [4.78, 5) is 4.52. The van der Waals surface area contributed by atoms with Crippen LogP contribution in [0.25, 0.3) is 0 Å². The number of methoxy groups -OCH3 is 2. The molecule has 0 spiro atoms. The van der Waals surface area contributed by atoms with Crippen LogP contribution in [0.1, 0.15) is 19.4 Å². The second kappa shape index (κ2) is 8.29. The van der Waals surface area contributed by atoms with E-state index in [0.29, 0.717) is 37.2 Å². The molecule has 0 fully saturated rings. The number of benzene rings is 2. The van der Waals surface area contributed by atoms with Crippen molar-refractivity contribution in [2.24, 2.45) is 10.7 Å². The standard InChI is InChI=1S/C21H27N3O4/c1-21(2,14-5-7-17-19(11-14)28-10-9-27-17)13-23-20(22)24-15-6-8-16(25-3)18(12-15)26-4/h5-8,11-12H,9-10,13H2,1-4H3,(H3,22,23,24). The second-order valence-corrected chi connectivity index (χ2v) is 7.14. The molecule has 2 aromatic rings. The summed E-state index contributed by atoms with van der Waals surface area (Å²) in [6.07, 6.45) is 0. The first kappa shape index (κ1) is 19.7. The Balaban J connectivity index is 1.69. The highest BCUT2D eigenvalue weighted by Crippen LogP contribution is 2.35. The normalized spacial score (nSPS) is 13.8. The van der Waals surface area contributed by atoms with Crippen LogP contribution in [0.15, 0.2) is 41.4 Å². The summed E-state index contributed by atoms with van der Waals surface area (Å²) < 4.78 is 21.8. The van der Waals surface area contributed by atoms with Gasteiger partial charge in [-0.1, -0.05) is 19.9 Å². The van der Waals surface area contributed by atoms with Crippen molar-refractivity contribution in [3.8, 4) is 23.0 Å². The van der Waals surface area contributed by atoms with Crippen LogP contribution in [0.2, 0.25) is 0 Å². The first-order chi connectivity index (χ1) is 13.4. The number of rotatable bonds is 6. The third-order valence-corrected chi connectivity index (χ3v) is 4.62. The van der Waals surface area contributed by atoms with E-state index in [1.54, 1.807) is 14.2 Å². The molecule has 7 nitrogen and oxygen atoms in total. The van der Waals surface area contributed by atoms with Gasteiger partial charge in [0, 0.05) is 17.2 Å². The molecule has 0 saturated heterocycles. The Hall–Kier alpha value is -3.09. The summed E-state index contributed by atoms with van der Waals surface area (Å²) in [7, 11) is 3.19. The van der Waals surface area contributed by atoms with Crippen molar-refractivity contribution >= 4 is 11.6 Å². The number of ether oxygens (including phenoxy) is 4. The van der Waals surface area contributed by atoms with Gasteiger partial charge in [0.2, 0.25) is 0 Å². The van der Waals surface area contributed by atoms with Crippen molar-refractivity contribution in [1.82, 2.24) is 0 Å². The van der Waals surface area contributed by atoms with Crippen LogP contribution in [0.5, 0.6) is 23.0 Å². The molecule has 1 aliphatic heterocycles. The average Bonchev–Trinajstić information content (AvgIpc) is 2.72. The molecule has 0 saturated carbocycles. The van der Waals surface area contributed by atoms with E-state index in [0.717, 1.165) is 22.7 Å². The van der Waals surface area contributed by atoms with E-state index in [4.69, 9.17) is 24.7 Å². The van der Waals surface area contributed by atoms with Crippen molar-refractivity contribution in [3.63, 3.8) is 0 Å². The molecule has 1 heterocycles. The minimum atomic E-state index is -0.222. The molecule has 28 heavy (non-hydrogen) atoms. The number of anilines is 1. The second-order valence-electron chi connectivity index (χ2n) is 7.14. The maximum absolute atomic E-state index is 6.09. The zero-order chi connectivity index (χ0) is 20.1. The Kier molecular flexibility index (Phi) is 5.82. The van der Waals surface area contributed by atoms with Crippen molar-refractivity contribution in [3.05, 3.63) is 42.0 Å². The summed E-state index contributed by atoms with van der Waals surface area (Å²) in [5.74, 6) is 3.17. The Bertz CT molecular complexity index is 865. The van der Waals surface area contributed by atoms with Crippen LogP contribution in [-0.4, -0.2) is 39.9 Å². The van der Waals surface area contributed by atoms with Gasteiger partial charge in [-0.05, 0) is 29.8 Å². The van der Waals surface area contributed by atoms with Gasteiger partial charge in [-0.15, -0.1) is 0 Å². The van der Waals surface area contributed by atoms with E-state index in [9.17, 15) is 0 Å². The number of nitrogens with zero attached hydrogens (tertiary/aromatic N) is 1. The van der Waals surface area contributed by atoms with Crippen LogP contribution in [0, 0.1) is 0 Å². The number of hydrogen-bond acceptors (Lipinski definition) is 5. The monoisotopic (exact) mass is 385 g/mol. The van der Waals surface area contributed by atoms with Gasteiger partial charge in [-0.3, -0.25) is 4.99 Å². The largest absolute Gasteiger partial charge is 0.493 e. The van der Waals surface area contributed by atoms with Crippen LogP contribution in [0.4, 0.5) is 5.69 Å². The van der Waals surface area contributed by atoms with E-state index < -0.39 is 0 Å². The summed E-state index contributed by atoms with van der Waals surface area (Å²) in [5.41, 5.74) is 7.75. The third-order valence-electron chi connectivity index (χ3n) is 4.62. The molecule has 0 atom stereocenters. The summed E-state index contributed by atoms with van der Waals surface area (Å²) in [6, 6.07) is 11.5. The molecular formula is C21H27N3O4. The van der Waals surface area contributed by atoms with Gasteiger partial charge in [0.15, 0.2) is 29.0 Å². The predicted molar refractivity (Wildman–Crippen MR) is 110 cm³/mol. The number of nitrogens with one attached hydrogen (secondary N) is 1. The van der Waals surface area contributed by atoms with Gasteiger partial charge in [0.1, 0.15) is 13.2 Å². The summed E-state index contributed by atoms with van der Waals surface area (Å²) in [6.45, 7) is 5.89. The van der Waals surface area contributed by atoms with Crippen molar-refractivity contribution < 1.29 is 18.9 Å². The van der Waals surface area contributed by atoms with Crippen molar-refractivity contribution in [1.29, 1.82) is 0 Å². The lowest BCUT2D eigenvalue weighted by Gasteiger charge is -2.26. The maximum Gasteiger partial charge on any atom is 0.193 e. The molecule has 0 unspecified atom stereocenters. The van der Waals surface area contributed by atoms with Gasteiger partial charge >= 0.3 is 0 Å². The lowest BCUT2D eigenvalue weighted by atomic mass is 9.84. The van der Waals surface area contributed by atoms with E-state index in [2.05, 4.69) is 24.2 Å². The first-order valence-corrected chi connectivity index (χ1v) is 9.12. The predicted octanol–water partition coefficient (Wildman–Crippen LogP) is 3.18. The number of hydrogen-bond donors (Lipinski definition) is 2. The minimum Gasteiger partial charge on any atom is -0.493 e. The summed E-state index contributed by atoms with van der Waals surface area (Å²) >= 11 is 0. The van der Waals surface area contributed by atoms with Crippen LogP contribution in [0.3, 0.4) is 0 Å². The Labute approximate surface area is 165 Å². The molecular weight excluding hydrogens is 358 g/mol. The highest BCUT2D eigenvalue weighted by Gasteiger charge is 2.23. The third kappa shape index (κ3) is 4.42. The quantitative estimate of drug-likeness (QED) is 0.587. The average molecular weight is 385 g/mol. The molecule has 0 amide bonds. The van der Waals surface area contributed by atoms with Crippen LogP contribution >= 0.6 is 0 Å². The minimum absolute atomic E-state index is 0.222. The maximum atomic E-state index is 6.09. The lowest BCUT2D eigenvalue weighted by molar-refractivity contribution is 0.171. The van der Waals surface area contributed by atoms with Crippen molar-refractivity contribution in [2.45, 2.75) is 19.3 Å². The van der Waals surface area contributed by atoms with E-state index in [1.165, 1.54) is 0 Å². The van der Waals surface area contributed by atoms with E-state index >= 15 is 0 Å². The Morgan fingerprint density at radius 3 is 2.46 bits per heavy atom. The summed E-state index contributed by atoms with van der Waals surface area (Å²) in [5, 5.41) is 3.09. The zero-order valence-corrected chi connectivity index (χ0v) is 16.7. The van der Waals surface area contributed by atoms with Gasteiger partial charge in [-0.25, -0.2) is 0 Å². The topological polar surface area (TPSA) is 87.3 Å². The van der Waals surface area contributed by atoms with Gasteiger partial charge < -0.3 is 30.0 Å².